The minimum Gasteiger partial charge on any atom is -0.383 e. The average molecular weight is 273 g/mol. The molecule has 0 aromatic heterocycles. The molecule has 0 saturated carbocycles. The van der Waals surface area contributed by atoms with Crippen molar-refractivity contribution in [1.29, 1.82) is 0 Å². The van der Waals surface area contributed by atoms with E-state index in [-0.39, 0.29) is 5.91 Å². The van der Waals surface area contributed by atoms with Gasteiger partial charge in [0.25, 0.3) is 0 Å². The fourth-order valence-corrected chi connectivity index (χ4v) is 1.93. The monoisotopic (exact) mass is 273 g/mol. The van der Waals surface area contributed by atoms with Gasteiger partial charge in [-0.2, -0.15) is 0 Å². The molecule has 0 aromatic carbocycles. The topological polar surface area (TPSA) is 58.8 Å². The van der Waals surface area contributed by atoms with Gasteiger partial charge in [0.15, 0.2) is 0 Å². The second-order valence-corrected chi connectivity index (χ2v) is 5.39. The summed E-state index contributed by atoms with van der Waals surface area (Å²) in [5.74, 6) is 0.793. The number of amides is 1. The van der Waals surface area contributed by atoms with Gasteiger partial charge in [0.05, 0.1) is 6.61 Å². The number of methoxy groups -OCH3 is 1. The standard InChI is InChI=1S/C14H31N3O2/c1-13(2)12-17(10-11-19-4)9-6-14(18)16(3)8-5-7-15/h13H,5-12,15H2,1-4H3. The van der Waals surface area contributed by atoms with E-state index in [4.69, 9.17) is 10.5 Å². The third kappa shape index (κ3) is 9.87. The van der Waals surface area contributed by atoms with Gasteiger partial charge in [-0.05, 0) is 18.9 Å². The largest absolute Gasteiger partial charge is 0.383 e. The van der Waals surface area contributed by atoms with Crippen molar-refractivity contribution < 1.29 is 9.53 Å². The Bertz CT molecular complexity index is 235. The second-order valence-electron chi connectivity index (χ2n) is 5.39. The van der Waals surface area contributed by atoms with Crippen LogP contribution in [0, 0.1) is 5.92 Å². The highest BCUT2D eigenvalue weighted by Crippen LogP contribution is 2.02. The molecule has 0 aliphatic rings. The van der Waals surface area contributed by atoms with Gasteiger partial charge in [-0.3, -0.25) is 4.79 Å². The average Bonchev–Trinajstić information content (AvgIpc) is 2.38. The molecule has 5 heteroatoms. The maximum atomic E-state index is 11.9. The van der Waals surface area contributed by atoms with E-state index >= 15 is 0 Å². The van der Waals surface area contributed by atoms with E-state index in [1.54, 1.807) is 12.0 Å². The lowest BCUT2D eigenvalue weighted by molar-refractivity contribution is -0.130. The first-order valence-electron chi connectivity index (χ1n) is 7.16. The molecule has 0 atom stereocenters. The molecular weight excluding hydrogens is 242 g/mol. The molecule has 19 heavy (non-hydrogen) atoms. The van der Waals surface area contributed by atoms with E-state index in [0.29, 0.717) is 25.5 Å². The van der Waals surface area contributed by atoms with Crippen LogP contribution in [-0.2, 0) is 9.53 Å². The van der Waals surface area contributed by atoms with E-state index in [1.165, 1.54) is 0 Å². The first-order valence-corrected chi connectivity index (χ1v) is 7.16. The Kier molecular flexibility index (Phi) is 10.8. The Morgan fingerprint density at radius 1 is 1.26 bits per heavy atom. The summed E-state index contributed by atoms with van der Waals surface area (Å²) in [6.07, 6.45) is 1.43. The molecule has 0 aromatic rings. The van der Waals surface area contributed by atoms with Crippen LogP contribution in [0.1, 0.15) is 26.7 Å². The molecule has 0 radical (unpaired) electrons. The molecular formula is C14H31N3O2. The van der Waals surface area contributed by atoms with Crippen molar-refractivity contribution in [3.63, 3.8) is 0 Å². The summed E-state index contributed by atoms with van der Waals surface area (Å²) in [4.78, 5) is 16.0. The van der Waals surface area contributed by atoms with E-state index in [1.807, 2.05) is 7.05 Å². The normalized spacial score (nSPS) is 11.3. The Labute approximate surface area is 118 Å². The first-order chi connectivity index (χ1) is 9.01. The number of ether oxygens (including phenoxy) is 1. The van der Waals surface area contributed by atoms with Crippen molar-refractivity contribution in [2.24, 2.45) is 11.7 Å². The Morgan fingerprint density at radius 3 is 2.47 bits per heavy atom. The predicted molar refractivity (Wildman–Crippen MR) is 79.1 cm³/mol. The van der Waals surface area contributed by atoms with E-state index < -0.39 is 0 Å². The fourth-order valence-electron chi connectivity index (χ4n) is 1.93. The summed E-state index contributed by atoms with van der Waals surface area (Å²) in [7, 11) is 3.55. The Hall–Kier alpha value is -0.650. The third-order valence-corrected chi connectivity index (χ3v) is 3.00. The first kappa shape index (κ1) is 18.4. The van der Waals surface area contributed by atoms with Crippen molar-refractivity contribution in [2.45, 2.75) is 26.7 Å². The van der Waals surface area contributed by atoms with Crippen molar-refractivity contribution in [2.75, 3.05) is 53.5 Å². The predicted octanol–water partition coefficient (Wildman–Crippen LogP) is 0.788. The van der Waals surface area contributed by atoms with Crippen LogP contribution in [0.3, 0.4) is 0 Å². The summed E-state index contributed by atoms with van der Waals surface area (Å²) in [6, 6.07) is 0. The lowest BCUT2D eigenvalue weighted by atomic mass is 10.2. The molecule has 0 heterocycles. The van der Waals surface area contributed by atoms with Gasteiger partial charge in [-0.25, -0.2) is 0 Å². The minimum atomic E-state index is 0.194. The zero-order valence-electron chi connectivity index (χ0n) is 13.0. The van der Waals surface area contributed by atoms with E-state index in [2.05, 4.69) is 18.7 Å². The Balaban J connectivity index is 4.03. The second kappa shape index (κ2) is 11.2. The lowest BCUT2D eigenvalue weighted by Crippen LogP contribution is -2.36. The van der Waals surface area contributed by atoms with Gasteiger partial charge in [-0.15, -0.1) is 0 Å². The maximum absolute atomic E-state index is 11.9. The number of hydrogen-bond acceptors (Lipinski definition) is 4. The van der Waals surface area contributed by atoms with Gasteiger partial charge in [0.1, 0.15) is 0 Å². The van der Waals surface area contributed by atoms with Crippen LogP contribution in [0.5, 0.6) is 0 Å². The van der Waals surface area contributed by atoms with Crippen LogP contribution in [-0.4, -0.2) is 69.2 Å². The molecule has 1 amide bonds. The molecule has 0 rings (SSSR count). The summed E-state index contributed by atoms with van der Waals surface area (Å²) < 4.78 is 5.11. The van der Waals surface area contributed by atoms with Crippen LogP contribution >= 0.6 is 0 Å². The molecule has 0 aliphatic carbocycles. The maximum Gasteiger partial charge on any atom is 0.223 e. The van der Waals surface area contributed by atoms with Crippen LogP contribution in [0.2, 0.25) is 0 Å². The Morgan fingerprint density at radius 2 is 1.95 bits per heavy atom. The van der Waals surface area contributed by atoms with Gasteiger partial charge in [0.2, 0.25) is 5.91 Å². The fraction of sp³-hybridized carbons (Fsp3) is 0.929. The van der Waals surface area contributed by atoms with Gasteiger partial charge < -0.3 is 20.3 Å². The number of nitrogens with zero attached hydrogens (tertiary/aromatic N) is 2. The summed E-state index contributed by atoms with van der Waals surface area (Å²) in [5.41, 5.74) is 5.45. The number of nitrogens with two attached hydrogens (primary N) is 1. The SMILES string of the molecule is COCCN(CCC(=O)N(C)CCCN)CC(C)C. The van der Waals surface area contributed by atoms with E-state index in [0.717, 1.165) is 32.6 Å². The highest BCUT2D eigenvalue weighted by Gasteiger charge is 2.12. The van der Waals surface area contributed by atoms with Crippen LogP contribution in [0.15, 0.2) is 0 Å². The van der Waals surface area contributed by atoms with Crippen molar-refractivity contribution in [1.82, 2.24) is 9.80 Å². The molecule has 0 saturated heterocycles. The molecule has 0 fully saturated rings. The van der Waals surface area contributed by atoms with E-state index in [9.17, 15) is 4.79 Å². The van der Waals surface area contributed by atoms with Crippen LogP contribution in [0.25, 0.3) is 0 Å². The molecule has 0 spiro atoms. The molecule has 5 nitrogen and oxygen atoms in total. The highest BCUT2D eigenvalue weighted by atomic mass is 16.5. The summed E-state index contributed by atoms with van der Waals surface area (Å²) in [5, 5.41) is 0. The molecule has 0 aliphatic heterocycles. The van der Waals surface area contributed by atoms with Crippen molar-refractivity contribution >= 4 is 5.91 Å². The number of carbonyl (C=O) groups is 1. The number of carbonyl (C=O) groups excluding carboxylic acids is 1. The molecule has 0 bridgehead atoms. The minimum absolute atomic E-state index is 0.194. The molecule has 114 valence electrons. The van der Waals surface area contributed by atoms with Gasteiger partial charge >= 0.3 is 0 Å². The smallest absolute Gasteiger partial charge is 0.223 e. The molecule has 0 unspecified atom stereocenters. The van der Waals surface area contributed by atoms with Crippen molar-refractivity contribution in [3.05, 3.63) is 0 Å². The van der Waals surface area contributed by atoms with Crippen molar-refractivity contribution in [3.8, 4) is 0 Å². The summed E-state index contributed by atoms with van der Waals surface area (Å²) in [6.45, 7) is 9.15. The van der Waals surface area contributed by atoms with Crippen LogP contribution < -0.4 is 5.73 Å². The number of hydrogen-bond donors (Lipinski definition) is 1. The highest BCUT2D eigenvalue weighted by molar-refractivity contribution is 5.76. The van der Waals surface area contributed by atoms with Gasteiger partial charge in [0, 0.05) is 46.8 Å². The van der Waals surface area contributed by atoms with Crippen LogP contribution in [0.4, 0.5) is 0 Å². The molecule has 2 N–H and O–H groups in total. The van der Waals surface area contributed by atoms with Gasteiger partial charge in [-0.1, -0.05) is 13.8 Å². The zero-order valence-corrected chi connectivity index (χ0v) is 13.0. The number of rotatable bonds is 11. The zero-order chi connectivity index (χ0) is 14.7. The quantitative estimate of drug-likeness (QED) is 0.604. The lowest BCUT2D eigenvalue weighted by Gasteiger charge is -2.25. The summed E-state index contributed by atoms with van der Waals surface area (Å²) >= 11 is 0. The third-order valence-electron chi connectivity index (χ3n) is 3.00.